The number of unbranched alkanes of at least 4 members (excludes halogenated alkanes) is 6. The molecule has 1 aliphatic rings. The van der Waals surface area contributed by atoms with Gasteiger partial charge in [-0.15, -0.1) is 0 Å². The fourth-order valence-corrected chi connectivity index (χ4v) is 4.60. The molecule has 0 aromatic heterocycles. The van der Waals surface area contributed by atoms with Gasteiger partial charge >= 0.3 is 12.1 Å². The summed E-state index contributed by atoms with van der Waals surface area (Å²) in [5.74, 6) is -1.02. The molecule has 0 spiro atoms. The van der Waals surface area contributed by atoms with E-state index in [1.54, 1.807) is 0 Å². The van der Waals surface area contributed by atoms with Crippen LogP contribution in [0.2, 0.25) is 0 Å². The Kier molecular flexibility index (Phi) is 8.72. The van der Waals surface area contributed by atoms with Crippen LogP contribution >= 0.6 is 0 Å². The third-order valence-corrected chi connectivity index (χ3v) is 6.46. The van der Waals surface area contributed by atoms with E-state index in [0.29, 0.717) is 6.42 Å². The lowest BCUT2D eigenvalue weighted by molar-refractivity contribution is -0.142. The second-order valence-corrected chi connectivity index (χ2v) is 8.68. The Hall–Kier alpha value is -2.82. The van der Waals surface area contributed by atoms with Crippen LogP contribution in [0.4, 0.5) is 4.79 Å². The average Bonchev–Trinajstić information content (AvgIpc) is 3.12. The molecule has 172 valence electrons. The first-order valence-electron chi connectivity index (χ1n) is 11.8. The maximum atomic E-state index is 12.7. The van der Waals surface area contributed by atoms with E-state index >= 15 is 0 Å². The van der Waals surface area contributed by atoms with Crippen molar-refractivity contribution in [2.45, 2.75) is 70.3 Å². The van der Waals surface area contributed by atoms with Crippen LogP contribution in [0.15, 0.2) is 48.5 Å². The van der Waals surface area contributed by atoms with Crippen LogP contribution in [0.25, 0.3) is 11.1 Å². The second kappa shape index (κ2) is 11.7. The van der Waals surface area contributed by atoms with Gasteiger partial charge < -0.3 is 9.84 Å². The minimum absolute atomic E-state index is 0.0360. The number of carboxylic acid groups (broad SMARTS) is 1. The van der Waals surface area contributed by atoms with Crippen LogP contribution in [0, 0.1) is 0 Å². The molecule has 5 heteroatoms. The van der Waals surface area contributed by atoms with Gasteiger partial charge in [-0.25, -0.2) is 9.59 Å². The molecule has 2 aromatic carbocycles. The van der Waals surface area contributed by atoms with Gasteiger partial charge in [0.1, 0.15) is 12.6 Å². The Bertz CT molecular complexity index is 865. The van der Waals surface area contributed by atoms with Crippen molar-refractivity contribution in [2.24, 2.45) is 0 Å². The molecular formula is C27H35NO4. The molecule has 5 nitrogen and oxygen atoms in total. The van der Waals surface area contributed by atoms with E-state index in [2.05, 4.69) is 31.2 Å². The number of rotatable bonds is 12. The lowest BCUT2D eigenvalue weighted by atomic mass is 9.98. The van der Waals surface area contributed by atoms with Crippen molar-refractivity contribution in [1.82, 2.24) is 4.90 Å². The van der Waals surface area contributed by atoms with Crippen molar-refractivity contribution in [2.75, 3.05) is 13.7 Å². The number of ether oxygens (including phenoxy) is 1. The van der Waals surface area contributed by atoms with Gasteiger partial charge in [-0.3, -0.25) is 4.90 Å². The number of carbonyl (C=O) groups is 2. The summed E-state index contributed by atoms with van der Waals surface area (Å²) < 4.78 is 5.63. The highest BCUT2D eigenvalue weighted by molar-refractivity contribution is 5.81. The number of hydrogen-bond donors (Lipinski definition) is 1. The fourth-order valence-electron chi connectivity index (χ4n) is 4.60. The molecule has 0 saturated carbocycles. The zero-order valence-corrected chi connectivity index (χ0v) is 19.3. The maximum Gasteiger partial charge on any atom is 0.410 e. The molecule has 0 heterocycles. The van der Waals surface area contributed by atoms with E-state index in [9.17, 15) is 14.7 Å². The number of hydrogen-bond acceptors (Lipinski definition) is 3. The molecule has 0 bridgehead atoms. The van der Waals surface area contributed by atoms with E-state index in [0.717, 1.165) is 30.4 Å². The van der Waals surface area contributed by atoms with Crippen molar-refractivity contribution in [1.29, 1.82) is 0 Å². The minimum Gasteiger partial charge on any atom is -0.480 e. The van der Waals surface area contributed by atoms with Gasteiger partial charge in [0.15, 0.2) is 0 Å². The molecule has 1 atom stereocenters. The molecule has 32 heavy (non-hydrogen) atoms. The highest BCUT2D eigenvalue weighted by Crippen LogP contribution is 2.44. The molecule has 1 N–H and O–H groups in total. The first kappa shape index (κ1) is 23.8. The van der Waals surface area contributed by atoms with Gasteiger partial charge in [-0.1, -0.05) is 100 Å². The minimum atomic E-state index is -0.980. The van der Waals surface area contributed by atoms with Gasteiger partial charge in [0, 0.05) is 13.0 Å². The lowest BCUT2D eigenvalue weighted by Crippen LogP contribution is -2.43. The Morgan fingerprint density at radius 2 is 1.44 bits per heavy atom. The van der Waals surface area contributed by atoms with Crippen molar-refractivity contribution < 1.29 is 19.4 Å². The first-order valence-corrected chi connectivity index (χ1v) is 11.8. The van der Waals surface area contributed by atoms with E-state index in [1.165, 1.54) is 48.8 Å². The van der Waals surface area contributed by atoms with Crippen LogP contribution in [0.3, 0.4) is 0 Å². The Balaban J connectivity index is 1.55. The zero-order chi connectivity index (χ0) is 22.9. The van der Waals surface area contributed by atoms with Crippen LogP contribution in [0.1, 0.15) is 75.3 Å². The van der Waals surface area contributed by atoms with Gasteiger partial charge in [-0.2, -0.15) is 0 Å². The summed E-state index contributed by atoms with van der Waals surface area (Å²) in [5, 5.41) is 9.66. The summed E-state index contributed by atoms with van der Waals surface area (Å²) >= 11 is 0. The van der Waals surface area contributed by atoms with Crippen LogP contribution in [-0.4, -0.2) is 41.8 Å². The third kappa shape index (κ3) is 5.70. The molecule has 1 amide bonds. The summed E-state index contributed by atoms with van der Waals surface area (Å²) in [5.41, 5.74) is 4.61. The normalized spacial score (nSPS) is 13.3. The molecule has 0 radical (unpaired) electrons. The topological polar surface area (TPSA) is 66.8 Å². The zero-order valence-electron chi connectivity index (χ0n) is 19.3. The third-order valence-electron chi connectivity index (χ3n) is 6.46. The van der Waals surface area contributed by atoms with Crippen molar-refractivity contribution in [3.05, 3.63) is 59.7 Å². The van der Waals surface area contributed by atoms with E-state index in [1.807, 2.05) is 24.3 Å². The second-order valence-electron chi connectivity index (χ2n) is 8.68. The predicted octanol–water partition coefficient (Wildman–Crippen LogP) is 6.46. The largest absolute Gasteiger partial charge is 0.480 e. The van der Waals surface area contributed by atoms with E-state index in [-0.39, 0.29) is 12.5 Å². The number of carbonyl (C=O) groups excluding carboxylic acids is 1. The van der Waals surface area contributed by atoms with Gasteiger partial charge in [0.05, 0.1) is 0 Å². The smallest absolute Gasteiger partial charge is 0.410 e. The number of amides is 1. The molecular weight excluding hydrogens is 402 g/mol. The first-order chi connectivity index (χ1) is 15.5. The summed E-state index contributed by atoms with van der Waals surface area (Å²) in [6.45, 7) is 2.39. The standard InChI is InChI=1S/C27H35NO4/c1-3-4-5-6-7-8-9-18-25(26(29)30)28(2)27(31)32-19-24-22-16-12-10-14-20(22)21-15-11-13-17-23(21)24/h10-17,24-25H,3-9,18-19H2,1-2H3,(H,29,30)/t25-/m0/s1. The summed E-state index contributed by atoms with van der Waals surface area (Å²) in [7, 11) is 1.53. The van der Waals surface area contributed by atoms with Crippen molar-refractivity contribution in [3.8, 4) is 11.1 Å². The van der Waals surface area contributed by atoms with Crippen molar-refractivity contribution >= 4 is 12.1 Å². The maximum absolute atomic E-state index is 12.7. The van der Waals surface area contributed by atoms with Crippen LogP contribution in [-0.2, 0) is 9.53 Å². The summed E-state index contributed by atoms with van der Waals surface area (Å²) in [6.07, 6.45) is 7.66. The van der Waals surface area contributed by atoms with E-state index in [4.69, 9.17) is 4.74 Å². The molecule has 3 rings (SSSR count). The van der Waals surface area contributed by atoms with Crippen LogP contribution in [0.5, 0.6) is 0 Å². The van der Waals surface area contributed by atoms with Crippen molar-refractivity contribution in [3.63, 3.8) is 0 Å². The molecule has 1 aliphatic carbocycles. The number of benzene rings is 2. The molecule has 2 aromatic rings. The van der Waals surface area contributed by atoms with Gasteiger partial charge in [-0.05, 0) is 28.7 Å². The SMILES string of the molecule is CCCCCCCCC[C@@H](C(=O)O)N(C)C(=O)OCC1c2ccccc2-c2ccccc21. The molecule has 0 unspecified atom stereocenters. The molecule has 0 saturated heterocycles. The number of nitrogens with zero attached hydrogens (tertiary/aromatic N) is 1. The van der Waals surface area contributed by atoms with E-state index < -0.39 is 18.1 Å². The van der Waals surface area contributed by atoms with Gasteiger partial charge in [0.25, 0.3) is 0 Å². The number of fused-ring (bicyclic) bond motifs is 3. The summed E-state index contributed by atoms with van der Waals surface area (Å²) in [4.78, 5) is 25.7. The molecule has 0 fully saturated rings. The predicted molar refractivity (Wildman–Crippen MR) is 127 cm³/mol. The average molecular weight is 438 g/mol. The Labute approximate surface area is 191 Å². The monoisotopic (exact) mass is 437 g/mol. The number of aliphatic carboxylic acids is 1. The Morgan fingerprint density at radius 3 is 2.00 bits per heavy atom. The van der Waals surface area contributed by atoms with Gasteiger partial charge in [0.2, 0.25) is 0 Å². The lowest BCUT2D eigenvalue weighted by Gasteiger charge is -2.25. The molecule has 0 aliphatic heterocycles. The van der Waals surface area contributed by atoms with Crippen LogP contribution < -0.4 is 0 Å². The fraction of sp³-hybridized carbons (Fsp3) is 0.481. The number of likely N-dealkylation sites (N-methyl/N-ethyl adjacent to an activating group) is 1. The quantitative estimate of drug-likeness (QED) is 0.387. The number of carboxylic acids is 1. The highest BCUT2D eigenvalue weighted by atomic mass is 16.6. The highest BCUT2D eigenvalue weighted by Gasteiger charge is 2.31. The summed E-state index contributed by atoms with van der Waals surface area (Å²) in [6, 6.07) is 15.5. The Morgan fingerprint density at radius 1 is 0.906 bits per heavy atom.